The van der Waals surface area contributed by atoms with Gasteiger partial charge in [0.15, 0.2) is 0 Å². The number of hydrogen-bond acceptors (Lipinski definition) is 4. The number of hydrogen-bond donors (Lipinski definition) is 0. The normalized spacial score (nSPS) is 18.9. The number of aromatic nitrogens is 2. The van der Waals surface area contributed by atoms with Crippen molar-refractivity contribution in [2.45, 2.75) is 12.6 Å². The van der Waals surface area contributed by atoms with Gasteiger partial charge in [0.1, 0.15) is 12.3 Å². The zero-order chi connectivity index (χ0) is 16.2. The van der Waals surface area contributed by atoms with Gasteiger partial charge in [-0.2, -0.15) is 0 Å². The van der Waals surface area contributed by atoms with E-state index in [-0.39, 0.29) is 11.9 Å². The van der Waals surface area contributed by atoms with Gasteiger partial charge in [-0.05, 0) is 13.1 Å². The number of imidazole rings is 1. The second-order valence-electron chi connectivity index (χ2n) is 5.81. The third-order valence-electron chi connectivity index (χ3n) is 4.38. The summed E-state index contributed by atoms with van der Waals surface area (Å²) in [5.74, 6) is 0.990. The number of rotatable bonds is 4. The van der Waals surface area contributed by atoms with E-state index in [2.05, 4.69) is 23.0 Å². The number of benzene rings is 1. The number of methoxy groups -OCH3 is 1. The Bertz CT molecular complexity index is 656. The molecule has 1 aliphatic heterocycles. The summed E-state index contributed by atoms with van der Waals surface area (Å²) >= 11 is 0. The van der Waals surface area contributed by atoms with E-state index in [1.165, 1.54) is 0 Å². The SMILES string of the molecule is COc1ccccc1C1CN(C(=O)Cn2ccnc2)CCN1C. The molecule has 1 unspecified atom stereocenters. The molecule has 1 aromatic carbocycles. The summed E-state index contributed by atoms with van der Waals surface area (Å²) in [5.41, 5.74) is 1.12. The standard InChI is InChI=1S/C17H22N4O2/c1-19-9-10-21(17(22)12-20-8-7-18-13-20)11-15(19)14-5-3-4-6-16(14)23-2/h3-8,13,15H,9-12H2,1-2H3. The molecule has 0 saturated carbocycles. The number of amides is 1. The fraction of sp³-hybridized carbons (Fsp3) is 0.412. The van der Waals surface area contributed by atoms with E-state index in [9.17, 15) is 4.79 Å². The number of carbonyl (C=O) groups excluding carboxylic acids is 1. The van der Waals surface area contributed by atoms with Crippen molar-refractivity contribution in [3.05, 3.63) is 48.5 Å². The minimum Gasteiger partial charge on any atom is -0.496 e. The maximum absolute atomic E-state index is 12.5. The molecule has 1 aliphatic rings. The second kappa shape index (κ2) is 6.83. The quantitative estimate of drug-likeness (QED) is 0.856. The Morgan fingerprint density at radius 3 is 2.91 bits per heavy atom. The second-order valence-corrected chi connectivity index (χ2v) is 5.81. The third-order valence-corrected chi connectivity index (χ3v) is 4.38. The first kappa shape index (κ1) is 15.6. The summed E-state index contributed by atoms with van der Waals surface area (Å²) in [7, 11) is 3.78. The largest absolute Gasteiger partial charge is 0.496 e. The van der Waals surface area contributed by atoms with Crippen molar-refractivity contribution in [3.63, 3.8) is 0 Å². The number of nitrogens with zero attached hydrogens (tertiary/aromatic N) is 4. The lowest BCUT2D eigenvalue weighted by molar-refractivity contribution is -0.134. The molecule has 0 radical (unpaired) electrons. The summed E-state index contributed by atoms with van der Waals surface area (Å²) in [6.07, 6.45) is 5.17. The molecule has 3 rings (SSSR count). The van der Waals surface area contributed by atoms with Crippen LogP contribution in [0.2, 0.25) is 0 Å². The van der Waals surface area contributed by atoms with Crippen LogP contribution in [0.3, 0.4) is 0 Å². The highest BCUT2D eigenvalue weighted by molar-refractivity contribution is 5.76. The van der Waals surface area contributed by atoms with E-state index in [1.54, 1.807) is 24.2 Å². The van der Waals surface area contributed by atoms with Gasteiger partial charge in [0, 0.05) is 37.6 Å². The van der Waals surface area contributed by atoms with Crippen molar-refractivity contribution in [2.75, 3.05) is 33.8 Å². The highest BCUT2D eigenvalue weighted by Gasteiger charge is 2.30. The van der Waals surface area contributed by atoms with Crippen molar-refractivity contribution in [1.82, 2.24) is 19.4 Å². The molecule has 0 spiro atoms. The first-order valence-electron chi connectivity index (χ1n) is 7.75. The fourth-order valence-electron chi connectivity index (χ4n) is 3.01. The van der Waals surface area contributed by atoms with Crippen LogP contribution in [-0.4, -0.2) is 59.0 Å². The topological polar surface area (TPSA) is 50.6 Å². The Kier molecular flexibility index (Phi) is 4.62. The first-order chi connectivity index (χ1) is 11.2. The minimum atomic E-state index is 0.121. The summed E-state index contributed by atoms with van der Waals surface area (Å²) in [4.78, 5) is 20.7. The predicted octanol–water partition coefficient (Wildman–Crippen LogP) is 1.41. The van der Waals surface area contributed by atoms with E-state index in [4.69, 9.17) is 4.74 Å². The summed E-state index contributed by atoms with van der Waals surface area (Å²) < 4.78 is 7.29. The molecule has 23 heavy (non-hydrogen) atoms. The molecule has 2 aromatic rings. The molecule has 0 bridgehead atoms. The average Bonchev–Trinajstić information content (AvgIpc) is 3.08. The van der Waals surface area contributed by atoms with Crippen molar-refractivity contribution in [1.29, 1.82) is 0 Å². The van der Waals surface area contributed by atoms with E-state index in [0.29, 0.717) is 13.1 Å². The fourth-order valence-corrected chi connectivity index (χ4v) is 3.01. The maximum atomic E-state index is 12.5. The molecule has 6 nitrogen and oxygen atoms in total. The van der Waals surface area contributed by atoms with Gasteiger partial charge in [0.05, 0.1) is 19.5 Å². The Hall–Kier alpha value is -2.34. The van der Waals surface area contributed by atoms with Crippen LogP contribution in [0, 0.1) is 0 Å². The molecular weight excluding hydrogens is 292 g/mol. The molecule has 1 amide bonds. The van der Waals surface area contributed by atoms with Crippen molar-refractivity contribution < 1.29 is 9.53 Å². The lowest BCUT2D eigenvalue weighted by Gasteiger charge is -2.40. The third kappa shape index (κ3) is 3.37. The van der Waals surface area contributed by atoms with Gasteiger partial charge in [-0.1, -0.05) is 18.2 Å². The lowest BCUT2D eigenvalue weighted by Crippen LogP contribution is -2.49. The van der Waals surface area contributed by atoms with Gasteiger partial charge in [0.25, 0.3) is 0 Å². The Balaban J connectivity index is 1.75. The molecule has 122 valence electrons. The van der Waals surface area contributed by atoms with E-state index >= 15 is 0 Å². The van der Waals surface area contributed by atoms with Crippen LogP contribution in [-0.2, 0) is 11.3 Å². The molecule has 0 aliphatic carbocycles. The van der Waals surface area contributed by atoms with Crippen LogP contribution < -0.4 is 4.74 Å². The highest BCUT2D eigenvalue weighted by Crippen LogP contribution is 2.31. The zero-order valence-corrected chi connectivity index (χ0v) is 13.6. The predicted molar refractivity (Wildman–Crippen MR) is 87.2 cm³/mol. The zero-order valence-electron chi connectivity index (χ0n) is 13.6. The van der Waals surface area contributed by atoms with Crippen molar-refractivity contribution >= 4 is 5.91 Å². The smallest absolute Gasteiger partial charge is 0.242 e. The van der Waals surface area contributed by atoms with Gasteiger partial charge in [-0.25, -0.2) is 4.98 Å². The maximum Gasteiger partial charge on any atom is 0.242 e. The number of piperazine rings is 1. The number of likely N-dealkylation sites (N-methyl/N-ethyl adjacent to an activating group) is 1. The monoisotopic (exact) mass is 314 g/mol. The molecular formula is C17H22N4O2. The van der Waals surface area contributed by atoms with Gasteiger partial charge in [-0.3, -0.25) is 9.69 Å². The number of ether oxygens (including phenoxy) is 1. The Morgan fingerprint density at radius 1 is 1.35 bits per heavy atom. The summed E-state index contributed by atoms with van der Waals surface area (Å²) in [6, 6.07) is 8.16. The highest BCUT2D eigenvalue weighted by atomic mass is 16.5. The van der Waals surface area contributed by atoms with Crippen molar-refractivity contribution in [2.24, 2.45) is 0 Å². The summed E-state index contributed by atoms with van der Waals surface area (Å²) in [5, 5.41) is 0. The van der Waals surface area contributed by atoms with Gasteiger partial charge in [0.2, 0.25) is 5.91 Å². The van der Waals surface area contributed by atoms with Crippen LogP contribution in [0.5, 0.6) is 5.75 Å². The number of carbonyl (C=O) groups is 1. The first-order valence-corrected chi connectivity index (χ1v) is 7.75. The van der Waals surface area contributed by atoms with Crippen LogP contribution in [0.15, 0.2) is 43.0 Å². The van der Waals surface area contributed by atoms with E-state index in [0.717, 1.165) is 24.4 Å². The molecule has 6 heteroatoms. The average molecular weight is 314 g/mol. The van der Waals surface area contributed by atoms with Gasteiger partial charge < -0.3 is 14.2 Å². The van der Waals surface area contributed by atoms with Crippen LogP contribution in [0.25, 0.3) is 0 Å². The molecule has 1 saturated heterocycles. The Labute approximate surface area is 136 Å². The number of para-hydroxylation sites is 1. The molecule has 0 N–H and O–H groups in total. The van der Waals surface area contributed by atoms with Crippen LogP contribution in [0.4, 0.5) is 0 Å². The van der Waals surface area contributed by atoms with Crippen LogP contribution >= 0.6 is 0 Å². The Morgan fingerprint density at radius 2 is 2.17 bits per heavy atom. The van der Waals surface area contributed by atoms with Crippen LogP contribution in [0.1, 0.15) is 11.6 Å². The van der Waals surface area contributed by atoms with Crippen molar-refractivity contribution in [3.8, 4) is 5.75 Å². The molecule has 1 aromatic heterocycles. The lowest BCUT2D eigenvalue weighted by atomic mass is 10.0. The summed E-state index contributed by atoms with van der Waals surface area (Å²) in [6.45, 7) is 2.60. The molecule has 2 heterocycles. The van der Waals surface area contributed by atoms with Gasteiger partial charge in [-0.15, -0.1) is 0 Å². The van der Waals surface area contributed by atoms with E-state index in [1.807, 2.05) is 29.3 Å². The molecule has 1 atom stereocenters. The molecule has 1 fully saturated rings. The van der Waals surface area contributed by atoms with E-state index < -0.39 is 0 Å². The minimum absolute atomic E-state index is 0.121. The van der Waals surface area contributed by atoms with Gasteiger partial charge >= 0.3 is 0 Å².